The molecule has 32 heavy (non-hydrogen) atoms. The fourth-order valence-electron chi connectivity index (χ4n) is 3.98. The Balaban J connectivity index is 1.37. The lowest BCUT2D eigenvalue weighted by Gasteiger charge is -2.36. The van der Waals surface area contributed by atoms with Crippen LogP contribution in [0.1, 0.15) is 5.56 Å². The van der Waals surface area contributed by atoms with Crippen molar-refractivity contribution >= 4 is 55.9 Å². The first-order chi connectivity index (χ1) is 15.6. The summed E-state index contributed by atoms with van der Waals surface area (Å²) in [6.07, 6.45) is 0. The number of piperazine rings is 1. The third kappa shape index (κ3) is 4.88. The van der Waals surface area contributed by atoms with Gasteiger partial charge in [-0.2, -0.15) is 0 Å². The molecule has 1 aromatic heterocycles. The second-order valence-electron chi connectivity index (χ2n) is 7.91. The lowest BCUT2D eigenvalue weighted by atomic mass is 10.2. The van der Waals surface area contributed by atoms with E-state index < -0.39 is 0 Å². The SMILES string of the molecule is Clc1cccc(CN2CCN(c3nc4ccccc4nc3Nc3ccc(Br)cc3)CC2)c1. The second kappa shape index (κ2) is 9.45. The van der Waals surface area contributed by atoms with E-state index in [-0.39, 0.29) is 0 Å². The molecule has 5 nitrogen and oxygen atoms in total. The first-order valence-corrected chi connectivity index (χ1v) is 11.8. The van der Waals surface area contributed by atoms with Gasteiger partial charge in [-0.1, -0.05) is 51.8 Å². The van der Waals surface area contributed by atoms with E-state index >= 15 is 0 Å². The van der Waals surface area contributed by atoms with Crippen LogP contribution in [-0.4, -0.2) is 41.0 Å². The highest BCUT2D eigenvalue weighted by Crippen LogP contribution is 2.29. The number of para-hydroxylation sites is 2. The summed E-state index contributed by atoms with van der Waals surface area (Å²) in [4.78, 5) is 14.7. The normalized spacial score (nSPS) is 14.6. The van der Waals surface area contributed by atoms with E-state index in [9.17, 15) is 0 Å². The van der Waals surface area contributed by atoms with Gasteiger partial charge in [0.15, 0.2) is 11.6 Å². The summed E-state index contributed by atoms with van der Waals surface area (Å²) in [5.74, 6) is 1.68. The molecule has 7 heteroatoms. The molecule has 1 fully saturated rings. The van der Waals surface area contributed by atoms with Gasteiger partial charge in [0.1, 0.15) is 0 Å². The topological polar surface area (TPSA) is 44.3 Å². The summed E-state index contributed by atoms with van der Waals surface area (Å²) in [5, 5.41) is 4.27. The molecule has 3 aromatic carbocycles. The highest BCUT2D eigenvalue weighted by atomic mass is 79.9. The molecular weight excluding hydrogens is 486 g/mol. The predicted molar refractivity (Wildman–Crippen MR) is 136 cm³/mol. The minimum Gasteiger partial charge on any atom is -0.351 e. The number of benzene rings is 3. The van der Waals surface area contributed by atoms with Crippen LogP contribution < -0.4 is 10.2 Å². The minimum atomic E-state index is 0.786. The summed E-state index contributed by atoms with van der Waals surface area (Å²) < 4.78 is 1.05. The number of aromatic nitrogens is 2. The Hall–Kier alpha value is -2.67. The van der Waals surface area contributed by atoms with Crippen LogP contribution in [0, 0.1) is 0 Å². The molecule has 0 spiro atoms. The number of hydrogen-bond donors (Lipinski definition) is 1. The van der Waals surface area contributed by atoms with Crippen molar-refractivity contribution in [1.29, 1.82) is 0 Å². The van der Waals surface area contributed by atoms with E-state index in [1.54, 1.807) is 0 Å². The molecule has 1 saturated heterocycles. The summed E-state index contributed by atoms with van der Waals surface area (Å²) in [6.45, 7) is 4.60. The van der Waals surface area contributed by atoms with E-state index in [4.69, 9.17) is 21.6 Å². The number of fused-ring (bicyclic) bond motifs is 1. The quantitative estimate of drug-likeness (QED) is 0.352. The van der Waals surface area contributed by atoms with Gasteiger partial charge in [-0.05, 0) is 54.1 Å². The molecule has 0 atom stereocenters. The van der Waals surface area contributed by atoms with Gasteiger partial charge in [-0.3, -0.25) is 4.90 Å². The van der Waals surface area contributed by atoms with E-state index in [1.807, 2.05) is 66.7 Å². The Morgan fingerprint density at radius 2 is 1.56 bits per heavy atom. The number of halogens is 2. The van der Waals surface area contributed by atoms with Crippen LogP contribution in [0.3, 0.4) is 0 Å². The third-order valence-corrected chi connectivity index (χ3v) is 6.39. The lowest BCUT2D eigenvalue weighted by molar-refractivity contribution is 0.249. The van der Waals surface area contributed by atoms with Crippen LogP contribution in [-0.2, 0) is 6.54 Å². The lowest BCUT2D eigenvalue weighted by Crippen LogP contribution is -2.46. The Labute approximate surface area is 201 Å². The number of nitrogens with one attached hydrogen (secondary N) is 1. The van der Waals surface area contributed by atoms with Crippen LogP contribution >= 0.6 is 27.5 Å². The van der Waals surface area contributed by atoms with E-state index in [0.29, 0.717) is 0 Å². The molecule has 1 N–H and O–H groups in total. The monoisotopic (exact) mass is 507 g/mol. The maximum Gasteiger partial charge on any atom is 0.174 e. The van der Waals surface area contributed by atoms with Crippen molar-refractivity contribution in [2.45, 2.75) is 6.54 Å². The highest BCUT2D eigenvalue weighted by Gasteiger charge is 2.22. The zero-order valence-corrected chi connectivity index (χ0v) is 19.9. The molecule has 4 aromatic rings. The first kappa shape index (κ1) is 21.2. The van der Waals surface area contributed by atoms with Crippen molar-refractivity contribution in [1.82, 2.24) is 14.9 Å². The van der Waals surface area contributed by atoms with Gasteiger partial charge < -0.3 is 10.2 Å². The average molecular weight is 509 g/mol. The van der Waals surface area contributed by atoms with Crippen LogP contribution in [0.2, 0.25) is 5.02 Å². The van der Waals surface area contributed by atoms with E-state index in [2.05, 4.69) is 37.1 Å². The fraction of sp³-hybridized carbons (Fsp3) is 0.200. The number of anilines is 3. The number of hydrogen-bond acceptors (Lipinski definition) is 5. The Morgan fingerprint density at radius 3 is 2.28 bits per heavy atom. The van der Waals surface area contributed by atoms with Gasteiger partial charge in [0.05, 0.1) is 11.0 Å². The molecule has 162 valence electrons. The zero-order chi connectivity index (χ0) is 21.9. The summed E-state index contributed by atoms with van der Waals surface area (Å²) in [7, 11) is 0. The van der Waals surface area contributed by atoms with Gasteiger partial charge in [0.25, 0.3) is 0 Å². The summed E-state index contributed by atoms with van der Waals surface area (Å²) in [6, 6.07) is 24.2. The standard InChI is InChI=1S/C25H23BrClN5/c26-19-8-10-21(11-9-19)28-24-25(30-23-7-2-1-6-22(23)29-24)32-14-12-31(13-15-32)17-18-4-3-5-20(27)16-18/h1-11,16H,12-15,17H2,(H,28,29). The molecule has 1 aliphatic rings. The van der Waals surface area contributed by atoms with Crippen molar-refractivity contribution in [3.63, 3.8) is 0 Å². The molecule has 0 aliphatic carbocycles. The van der Waals surface area contributed by atoms with Crippen LogP contribution in [0.25, 0.3) is 11.0 Å². The van der Waals surface area contributed by atoms with E-state index in [1.165, 1.54) is 5.56 Å². The number of rotatable bonds is 5. The van der Waals surface area contributed by atoms with Gasteiger partial charge in [-0.15, -0.1) is 0 Å². The van der Waals surface area contributed by atoms with Crippen LogP contribution in [0.4, 0.5) is 17.3 Å². The van der Waals surface area contributed by atoms with Crippen molar-refractivity contribution in [3.8, 4) is 0 Å². The average Bonchev–Trinajstić information content (AvgIpc) is 2.81. The van der Waals surface area contributed by atoms with Gasteiger partial charge in [-0.25, -0.2) is 9.97 Å². The Kier molecular flexibility index (Phi) is 6.26. The van der Waals surface area contributed by atoms with Crippen molar-refractivity contribution in [2.24, 2.45) is 0 Å². The molecule has 0 radical (unpaired) electrons. The molecule has 5 rings (SSSR count). The molecule has 0 saturated carbocycles. The Morgan fingerprint density at radius 1 is 0.844 bits per heavy atom. The largest absolute Gasteiger partial charge is 0.351 e. The fourth-order valence-corrected chi connectivity index (χ4v) is 4.45. The molecule has 0 amide bonds. The Bertz CT molecular complexity index is 1220. The zero-order valence-electron chi connectivity index (χ0n) is 17.5. The maximum absolute atomic E-state index is 6.15. The van der Waals surface area contributed by atoms with Crippen LogP contribution in [0.15, 0.2) is 77.3 Å². The maximum atomic E-state index is 6.15. The summed E-state index contributed by atoms with van der Waals surface area (Å²) in [5.41, 5.74) is 4.02. The van der Waals surface area contributed by atoms with Crippen molar-refractivity contribution in [3.05, 3.63) is 87.9 Å². The third-order valence-electron chi connectivity index (χ3n) is 5.63. The van der Waals surface area contributed by atoms with Crippen molar-refractivity contribution < 1.29 is 0 Å². The molecule has 0 bridgehead atoms. The number of nitrogens with zero attached hydrogens (tertiary/aromatic N) is 4. The highest BCUT2D eigenvalue weighted by molar-refractivity contribution is 9.10. The smallest absolute Gasteiger partial charge is 0.174 e. The van der Waals surface area contributed by atoms with Crippen molar-refractivity contribution in [2.75, 3.05) is 36.4 Å². The van der Waals surface area contributed by atoms with Gasteiger partial charge in [0.2, 0.25) is 0 Å². The first-order valence-electron chi connectivity index (χ1n) is 10.7. The predicted octanol–water partition coefficient (Wildman–Crippen LogP) is 6.11. The second-order valence-corrected chi connectivity index (χ2v) is 9.26. The van der Waals surface area contributed by atoms with E-state index in [0.717, 1.165) is 70.6 Å². The minimum absolute atomic E-state index is 0.786. The van der Waals surface area contributed by atoms with Crippen LogP contribution in [0.5, 0.6) is 0 Å². The summed E-state index contributed by atoms with van der Waals surface area (Å²) >= 11 is 9.65. The van der Waals surface area contributed by atoms with Gasteiger partial charge in [0, 0.05) is 47.9 Å². The molecule has 2 heterocycles. The molecule has 0 unspecified atom stereocenters. The molecule has 1 aliphatic heterocycles. The molecular formula is C25H23BrClN5. The van der Waals surface area contributed by atoms with Gasteiger partial charge >= 0.3 is 0 Å².